The number of nitrogens with one attached hydrogen (secondary N) is 1. The van der Waals surface area contributed by atoms with Gasteiger partial charge in [-0.1, -0.05) is 42.0 Å². The van der Waals surface area contributed by atoms with Gasteiger partial charge >= 0.3 is 0 Å². The van der Waals surface area contributed by atoms with E-state index < -0.39 is 0 Å². The monoisotopic (exact) mass is 272 g/mol. The number of halogens is 1. The van der Waals surface area contributed by atoms with E-state index in [4.69, 9.17) is 0 Å². The van der Waals surface area contributed by atoms with Crippen molar-refractivity contribution in [1.82, 2.24) is 5.32 Å². The first-order chi connectivity index (χ1) is 9.61. The van der Waals surface area contributed by atoms with Gasteiger partial charge in [0.05, 0.1) is 5.69 Å². The van der Waals surface area contributed by atoms with E-state index in [0.717, 1.165) is 0 Å². The van der Waals surface area contributed by atoms with Crippen molar-refractivity contribution in [3.63, 3.8) is 0 Å². The first kappa shape index (κ1) is 14.5. The van der Waals surface area contributed by atoms with E-state index in [2.05, 4.69) is 36.5 Å². The van der Waals surface area contributed by atoms with Crippen LogP contribution in [0.15, 0.2) is 48.5 Å². The number of anilines is 1. The van der Waals surface area contributed by atoms with Crippen LogP contribution in [0.3, 0.4) is 0 Å². The zero-order valence-electron chi connectivity index (χ0n) is 12.2. The van der Waals surface area contributed by atoms with Crippen LogP contribution < -0.4 is 10.2 Å². The van der Waals surface area contributed by atoms with Gasteiger partial charge in [-0.25, -0.2) is 4.39 Å². The number of likely N-dealkylation sites (N-methyl/N-ethyl adjacent to an activating group) is 2. The molecule has 1 unspecified atom stereocenters. The summed E-state index contributed by atoms with van der Waals surface area (Å²) in [4.78, 5) is 1.94. The van der Waals surface area contributed by atoms with Crippen LogP contribution in [-0.2, 0) is 0 Å². The van der Waals surface area contributed by atoms with Crippen LogP contribution in [-0.4, -0.2) is 20.6 Å². The van der Waals surface area contributed by atoms with Gasteiger partial charge < -0.3 is 10.2 Å². The molecule has 0 fully saturated rings. The molecule has 2 aromatic rings. The van der Waals surface area contributed by atoms with E-state index in [1.165, 1.54) is 17.2 Å². The quantitative estimate of drug-likeness (QED) is 0.895. The summed E-state index contributed by atoms with van der Waals surface area (Å²) in [6.45, 7) is 2.78. The highest BCUT2D eigenvalue weighted by Gasteiger charge is 2.14. The molecule has 0 aliphatic carbocycles. The lowest BCUT2D eigenvalue weighted by atomic mass is 10.0. The molecule has 106 valence electrons. The topological polar surface area (TPSA) is 15.3 Å². The lowest BCUT2D eigenvalue weighted by Crippen LogP contribution is -2.31. The number of hydrogen-bond donors (Lipinski definition) is 1. The lowest BCUT2D eigenvalue weighted by molar-refractivity contribution is 0.575. The molecule has 0 aliphatic rings. The van der Waals surface area contributed by atoms with Crippen LogP contribution in [0.2, 0.25) is 0 Å². The molecule has 2 aromatic carbocycles. The van der Waals surface area contributed by atoms with E-state index in [9.17, 15) is 4.39 Å². The van der Waals surface area contributed by atoms with E-state index in [0.29, 0.717) is 12.2 Å². The fourth-order valence-corrected chi connectivity index (χ4v) is 2.30. The third kappa shape index (κ3) is 3.36. The Morgan fingerprint density at radius 2 is 1.75 bits per heavy atom. The lowest BCUT2D eigenvalue weighted by Gasteiger charge is -2.26. The second-order valence-corrected chi connectivity index (χ2v) is 5.08. The largest absolute Gasteiger partial charge is 0.370 e. The van der Waals surface area contributed by atoms with Gasteiger partial charge in [0.15, 0.2) is 0 Å². The summed E-state index contributed by atoms with van der Waals surface area (Å²) in [7, 11) is 3.84. The first-order valence-electron chi connectivity index (χ1n) is 6.81. The highest BCUT2D eigenvalue weighted by molar-refractivity contribution is 5.47. The zero-order chi connectivity index (χ0) is 14.5. The Balaban J connectivity index is 2.14. The molecule has 0 aromatic heterocycles. The van der Waals surface area contributed by atoms with Crippen molar-refractivity contribution < 1.29 is 4.39 Å². The van der Waals surface area contributed by atoms with E-state index in [1.807, 2.05) is 25.1 Å². The number of hydrogen-bond acceptors (Lipinski definition) is 2. The van der Waals surface area contributed by atoms with Crippen molar-refractivity contribution in [1.29, 1.82) is 0 Å². The second kappa shape index (κ2) is 6.53. The first-order valence-corrected chi connectivity index (χ1v) is 6.81. The molecule has 0 heterocycles. The van der Waals surface area contributed by atoms with Gasteiger partial charge in [-0.2, -0.15) is 0 Å². The molecule has 20 heavy (non-hydrogen) atoms. The van der Waals surface area contributed by atoms with Crippen molar-refractivity contribution in [3.05, 3.63) is 65.5 Å². The molecule has 1 N–H and O–H groups in total. The fourth-order valence-electron chi connectivity index (χ4n) is 2.30. The number of benzene rings is 2. The van der Waals surface area contributed by atoms with Gasteiger partial charge in [0.25, 0.3) is 0 Å². The van der Waals surface area contributed by atoms with E-state index in [1.54, 1.807) is 12.1 Å². The molecule has 2 nitrogen and oxygen atoms in total. The van der Waals surface area contributed by atoms with Gasteiger partial charge in [0.2, 0.25) is 0 Å². The Morgan fingerprint density at radius 1 is 1.10 bits per heavy atom. The van der Waals surface area contributed by atoms with Crippen LogP contribution in [0.4, 0.5) is 10.1 Å². The van der Waals surface area contributed by atoms with Crippen LogP contribution >= 0.6 is 0 Å². The number of nitrogens with zero attached hydrogens (tertiary/aromatic N) is 1. The summed E-state index contributed by atoms with van der Waals surface area (Å²) in [5, 5.41) is 3.29. The summed E-state index contributed by atoms with van der Waals surface area (Å²) in [6.07, 6.45) is 0. The maximum atomic E-state index is 13.8. The van der Waals surface area contributed by atoms with Crippen molar-refractivity contribution in [2.45, 2.75) is 13.0 Å². The Kier molecular flexibility index (Phi) is 4.74. The second-order valence-electron chi connectivity index (χ2n) is 5.08. The van der Waals surface area contributed by atoms with E-state index in [-0.39, 0.29) is 11.9 Å². The van der Waals surface area contributed by atoms with Crippen molar-refractivity contribution in [2.24, 2.45) is 0 Å². The molecule has 1 atom stereocenters. The molecule has 3 heteroatoms. The third-order valence-electron chi connectivity index (χ3n) is 3.55. The average Bonchev–Trinajstić information content (AvgIpc) is 2.46. The highest BCUT2D eigenvalue weighted by Crippen LogP contribution is 2.21. The van der Waals surface area contributed by atoms with Crippen LogP contribution in [0.25, 0.3) is 0 Å². The minimum atomic E-state index is -0.186. The van der Waals surface area contributed by atoms with Crippen molar-refractivity contribution in [2.75, 3.05) is 25.5 Å². The summed E-state index contributed by atoms with van der Waals surface area (Å²) in [5.41, 5.74) is 3.08. The van der Waals surface area contributed by atoms with Gasteiger partial charge in [-0.05, 0) is 31.7 Å². The SMILES string of the molecule is CNC(CN(C)c1ccccc1F)c1ccc(C)cc1. The molecule has 0 saturated carbocycles. The summed E-state index contributed by atoms with van der Waals surface area (Å²) < 4.78 is 13.8. The predicted molar refractivity (Wildman–Crippen MR) is 82.6 cm³/mol. The van der Waals surface area contributed by atoms with Gasteiger partial charge in [-0.3, -0.25) is 0 Å². The maximum absolute atomic E-state index is 13.8. The summed E-state index contributed by atoms with van der Waals surface area (Å²) in [6, 6.07) is 15.5. The number of para-hydroxylation sites is 1. The van der Waals surface area contributed by atoms with Crippen molar-refractivity contribution in [3.8, 4) is 0 Å². The standard InChI is InChI=1S/C17H21FN2/c1-13-8-10-14(11-9-13)16(19-2)12-20(3)17-7-5-4-6-15(17)18/h4-11,16,19H,12H2,1-3H3. The Bertz CT molecular complexity index is 551. The average molecular weight is 272 g/mol. The normalized spacial score (nSPS) is 12.2. The van der Waals surface area contributed by atoms with Gasteiger partial charge in [0, 0.05) is 19.6 Å². The van der Waals surface area contributed by atoms with Crippen LogP contribution in [0.5, 0.6) is 0 Å². The van der Waals surface area contributed by atoms with Crippen LogP contribution in [0.1, 0.15) is 17.2 Å². The summed E-state index contributed by atoms with van der Waals surface area (Å²) >= 11 is 0. The molecule has 0 saturated heterocycles. The molecule has 0 spiro atoms. The minimum absolute atomic E-state index is 0.167. The molecule has 0 aliphatic heterocycles. The fraction of sp³-hybridized carbons (Fsp3) is 0.294. The molecule has 0 bridgehead atoms. The minimum Gasteiger partial charge on any atom is -0.370 e. The molecule has 2 rings (SSSR count). The van der Waals surface area contributed by atoms with Crippen molar-refractivity contribution >= 4 is 5.69 Å². The molecule has 0 radical (unpaired) electrons. The zero-order valence-corrected chi connectivity index (χ0v) is 12.2. The molecular weight excluding hydrogens is 251 g/mol. The van der Waals surface area contributed by atoms with Crippen LogP contribution in [0, 0.1) is 12.7 Å². The number of rotatable bonds is 5. The van der Waals surface area contributed by atoms with Gasteiger partial charge in [0.1, 0.15) is 5.82 Å². The predicted octanol–water partition coefficient (Wildman–Crippen LogP) is 3.53. The van der Waals surface area contributed by atoms with Gasteiger partial charge in [-0.15, -0.1) is 0 Å². The number of aryl methyl sites for hydroxylation is 1. The van der Waals surface area contributed by atoms with E-state index >= 15 is 0 Å². The smallest absolute Gasteiger partial charge is 0.146 e. The maximum Gasteiger partial charge on any atom is 0.146 e. The highest BCUT2D eigenvalue weighted by atomic mass is 19.1. The summed E-state index contributed by atoms with van der Waals surface area (Å²) in [5.74, 6) is -0.186. The Morgan fingerprint density at radius 3 is 2.35 bits per heavy atom. The Labute approximate surface area is 120 Å². The molecular formula is C17H21FN2. The molecule has 0 amide bonds. The Hall–Kier alpha value is -1.87. The third-order valence-corrected chi connectivity index (χ3v) is 3.55.